The van der Waals surface area contributed by atoms with Gasteiger partial charge in [-0.25, -0.2) is 0 Å². The summed E-state index contributed by atoms with van der Waals surface area (Å²) in [7, 11) is 0. The van der Waals surface area contributed by atoms with E-state index in [0.717, 1.165) is 0 Å². The molecule has 0 aliphatic carbocycles. The number of rotatable bonds is 2. The Balaban J connectivity index is 2.55. The number of hydrogen-bond acceptors (Lipinski definition) is 5. The number of nitrogens with zero attached hydrogens (tertiary/aromatic N) is 3. The van der Waals surface area contributed by atoms with Crippen LogP contribution in [0.2, 0.25) is 0 Å². The highest BCUT2D eigenvalue weighted by atomic mass is 16.7. The molecule has 0 spiro atoms. The summed E-state index contributed by atoms with van der Waals surface area (Å²) in [6.45, 7) is 1.60. The summed E-state index contributed by atoms with van der Waals surface area (Å²) in [4.78, 5) is 6.99. The first-order valence-corrected chi connectivity index (χ1v) is 3.87. The number of aliphatic hydroxyl groups excluding tert-OH is 2. The monoisotopic (exact) mass is 189 g/mol. The third-order valence-corrected chi connectivity index (χ3v) is 1.89. The first-order valence-electron chi connectivity index (χ1n) is 3.87. The van der Waals surface area contributed by atoms with Gasteiger partial charge in [-0.2, -0.15) is 0 Å². The van der Waals surface area contributed by atoms with Crippen LogP contribution < -0.4 is 0 Å². The molecule has 0 radical (unpaired) electrons. The van der Waals surface area contributed by atoms with Crippen molar-refractivity contribution in [2.24, 2.45) is 5.28 Å². The number of aliphatic hydroxyl groups is 2. The van der Waals surface area contributed by atoms with Gasteiger partial charge in [0.2, 0.25) is 0 Å². The van der Waals surface area contributed by atoms with E-state index in [1.807, 2.05) is 0 Å². The average molecular weight is 189 g/mol. The highest BCUT2D eigenvalue weighted by Crippen LogP contribution is 2.21. The molecule has 1 aliphatic rings. The summed E-state index contributed by atoms with van der Waals surface area (Å²) in [6.07, 6.45) is -3.05. The van der Waals surface area contributed by atoms with E-state index in [1.54, 1.807) is 6.92 Å². The third kappa shape index (κ3) is 2.46. The molecule has 4 atom stereocenters. The molecule has 0 saturated carbocycles. The van der Waals surface area contributed by atoms with Crippen LogP contribution in [0.15, 0.2) is 5.28 Å². The Hall–Kier alpha value is -1.01. The molecule has 1 rings (SSSR count). The van der Waals surface area contributed by atoms with Crippen molar-refractivity contribution in [3.63, 3.8) is 0 Å². The molecule has 2 N–H and O–H groups in total. The van der Waals surface area contributed by atoms with Gasteiger partial charge in [0.1, 0.15) is 17.5 Å². The maximum atomic E-state index is 9.44. The van der Waals surface area contributed by atoms with E-state index in [9.17, 15) is 5.11 Å². The van der Waals surface area contributed by atoms with Crippen LogP contribution in [0.3, 0.4) is 0 Å². The predicted octanol–water partition coefficient (Wildman–Crippen LogP) is 0.0850. The molecule has 1 aliphatic heterocycles. The molecule has 1 heterocycles. The second-order valence-corrected chi connectivity index (χ2v) is 2.84. The molecule has 13 heavy (non-hydrogen) atoms. The van der Waals surface area contributed by atoms with Gasteiger partial charge in [0, 0.05) is 11.3 Å². The van der Waals surface area contributed by atoms with Crippen LogP contribution in [-0.2, 0) is 9.57 Å². The first kappa shape index (κ1) is 10.1. The minimum Gasteiger partial charge on any atom is -0.427 e. The maximum absolute atomic E-state index is 9.44. The van der Waals surface area contributed by atoms with Crippen LogP contribution in [-0.4, -0.2) is 34.8 Å². The lowest BCUT2D eigenvalue weighted by molar-refractivity contribution is -0.236. The smallest absolute Gasteiger partial charge is 0.158 e. The zero-order valence-electron chi connectivity index (χ0n) is 7.07. The minimum absolute atomic E-state index is 0.0878. The molecular formula is C6H11N3O4. The van der Waals surface area contributed by atoms with E-state index in [2.05, 4.69) is 15.0 Å². The quantitative estimate of drug-likeness (QED) is 0.277. The molecule has 0 unspecified atom stereocenters. The summed E-state index contributed by atoms with van der Waals surface area (Å²) in [5.74, 6) is 0. The minimum atomic E-state index is -0.989. The normalized spacial score (nSPS) is 39.3. The van der Waals surface area contributed by atoms with E-state index in [-0.39, 0.29) is 6.42 Å². The molecule has 0 amide bonds. The van der Waals surface area contributed by atoms with Crippen molar-refractivity contribution in [2.45, 2.75) is 37.9 Å². The fourth-order valence-electron chi connectivity index (χ4n) is 1.21. The molecule has 0 aromatic carbocycles. The van der Waals surface area contributed by atoms with Gasteiger partial charge in [0.25, 0.3) is 0 Å². The fourth-order valence-corrected chi connectivity index (χ4v) is 1.21. The lowest BCUT2D eigenvalue weighted by Crippen LogP contribution is -2.47. The van der Waals surface area contributed by atoms with Gasteiger partial charge in [0.15, 0.2) is 6.29 Å². The van der Waals surface area contributed by atoms with Crippen molar-refractivity contribution in [3.8, 4) is 0 Å². The van der Waals surface area contributed by atoms with Crippen molar-refractivity contribution in [1.82, 2.24) is 0 Å². The highest BCUT2D eigenvalue weighted by Gasteiger charge is 2.35. The molecule has 0 bridgehead atoms. The van der Waals surface area contributed by atoms with Gasteiger partial charge in [-0.05, 0) is 12.5 Å². The topological polar surface area (TPSA) is 108 Å². The van der Waals surface area contributed by atoms with Crippen LogP contribution in [0.4, 0.5) is 0 Å². The summed E-state index contributed by atoms with van der Waals surface area (Å²) in [5, 5.41) is 21.4. The van der Waals surface area contributed by atoms with Gasteiger partial charge < -0.3 is 19.8 Å². The Morgan fingerprint density at radius 2 is 2.31 bits per heavy atom. The summed E-state index contributed by atoms with van der Waals surface area (Å²) in [6, 6.07) is 0. The number of hydrogen-bond donors (Lipinski definition) is 2. The Labute approximate surface area is 74.5 Å². The van der Waals surface area contributed by atoms with Crippen molar-refractivity contribution >= 4 is 0 Å². The van der Waals surface area contributed by atoms with E-state index < -0.39 is 24.6 Å². The van der Waals surface area contributed by atoms with E-state index >= 15 is 0 Å². The molecular weight excluding hydrogens is 178 g/mol. The average Bonchev–Trinajstić information content (AvgIpc) is 2.09. The van der Waals surface area contributed by atoms with E-state index in [0.29, 0.717) is 0 Å². The van der Waals surface area contributed by atoms with Crippen molar-refractivity contribution in [3.05, 3.63) is 10.4 Å². The van der Waals surface area contributed by atoms with Crippen LogP contribution in [0.1, 0.15) is 13.3 Å². The van der Waals surface area contributed by atoms with Crippen LogP contribution in [0.25, 0.3) is 10.4 Å². The van der Waals surface area contributed by atoms with Crippen LogP contribution in [0, 0.1) is 0 Å². The standard InChI is InChI=1S/C6H11N3O4/c1-3-6(11)4(13-9-8-7)2-5(10)12-3/h3-6,10-11H,2H2,1H3/t3-,4+,5-,6+/m1/s1. The number of azide groups is 1. The second-order valence-electron chi connectivity index (χ2n) is 2.84. The highest BCUT2D eigenvalue weighted by molar-refractivity contribution is 4.80. The molecule has 0 aromatic heterocycles. The zero-order chi connectivity index (χ0) is 9.84. The van der Waals surface area contributed by atoms with E-state index in [4.69, 9.17) is 15.4 Å². The van der Waals surface area contributed by atoms with E-state index in [1.165, 1.54) is 0 Å². The maximum Gasteiger partial charge on any atom is 0.158 e. The Morgan fingerprint density at radius 3 is 2.92 bits per heavy atom. The lowest BCUT2D eigenvalue weighted by atomic mass is 10.0. The number of ether oxygens (including phenoxy) is 1. The van der Waals surface area contributed by atoms with Crippen LogP contribution in [0.5, 0.6) is 0 Å². The van der Waals surface area contributed by atoms with Gasteiger partial charge in [-0.15, -0.1) is 0 Å². The summed E-state index contributed by atoms with van der Waals surface area (Å²) >= 11 is 0. The largest absolute Gasteiger partial charge is 0.427 e. The van der Waals surface area contributed by atoms with Crippen molar-refractivity contribution in [1.29, 1.82) is 0 Å². The predicted molar refractivity (Wildman–Crippen MR) is 41.2 cm³/mol. The zero-order valence-corrected chi connectivity index (χ0v) is 7.07. The SMILES string of the molecule is C[C@H]1O[C@@H](O)C[C@H](ON=[N+]=[N-])[C@H]1O. The van der Waals surface area contributed by atoms with Gasteiger partial charge in [-0.1, -0.05) is 0 Å². The van der Waals surface area contributed by atoms with Crippen molar-refractivity contribution in [2.75, 3.05) is 0 Å². The molecule has 74 valence electrons. The van der Waals surface area contributed by atoms with Crippen molar-refractivity contribution < 1.29 is 19.8 Å². The second kappa shape index (κ2) is 4.29. The Bertz CT molecular complexity index is 218. The molecule has 1 fully saturated rings. The molecule has 1 saturated heterocycles. The molecule has 0 aromatic rings. The molecule has 7 heteroatoms. The first-order chi connectivity index (χ1) is 6.15. The van der Waals surface area contributed by atoms with Gasteiger partial charge in [-0.3, -0.25) is 0 Å². The van der Waals surface area contributed by atoms with Crippen LogP contribution >= 0.6 is 0 Å². The lowest BCUT2D eigenvalue weighted by Gasteiger charge is -2.34. The molecule has 7 nitrogen and oxygen atoms in total. The summed E-state index contributed by atoms with van der Waals surface area (Å²) < 4.78 is 4.90. The van der Waals surface area contributed by atoms with Gasteiger partial charge >= 0.3 is 0 Å². The Morgan fingerprint density at radius 1 is 1.62 bits per heavy atom. The summed E-state index contributed by atoms with van der Waals surface area (Å²) in [5.41, 5.74) is 7.97. The van der Waals surface area contributed by atoms with Gasteiger partial charge in [0.05, 0.1) is 6.10 Å². The Kier molecular flexibility index (Phi) is 3.32. The third-order valence-electron chi connectivity index (χ3n) is 1.89. The fraction of sp³-hybridized carbons (Fsp3) is 1.00.